The van der Waals surface area contributed by atoms with Gasteiger partial charge in [-0.3, -0.25) is 9.69 Å². The van der Waals surface area contributed by atoms with Gasteiger partial charge < -0.3 is 20.1 Å². The first kappa shape index (κ1) is 40.1. The number of ketones is 1. The average Bonchev–Trinajstić information content (AvgIpc) is 3.69. The SMILES string of the molecule is CC1=CCC[C@@]2(C)[C@@H](CC[C@@]2(O)CN(C[C@@H](O)COCc2ccccc2)CC23CC4CC(CC(C4)C2)C3)c2ccc(cc2C(=O)c2ccc(C)s2)C[C@@H](O)CC1. The van der Waals surface area contributed by atoms with Gasteiger partial charge in [0.2, 0.25) is 5.78 Å². The summed E-state index contributed by atoms with van der Waals surface area (Å²) in [5.41, 5.74) is 3.80. The molecule has 0 aliphatic heterocycles. The summed E-state index contributed by atoms with van der Waals surface area (Å²) in [6, 6.07) is 20.4. The Labute approximate surface area is 339 Å². The maximum Gasteiger partial charge on any atom is 0.203 e. The number of benzene rings is 2. The third-order valence-corrected chi connectivity index (χ3v) is 16.0. The summed E-state index contributed by atoms with van der Waals surface area (Å²) in [6.45, 7) is 9.10. The fourth-order valence-corrected chi connectivity index (χ4v) is 13.5. The molecule has 0 amide bonds. The molecule has 0 radical (unpaired) electrons. The van der Waals surface area contributed by atoms with Crippen LogP contribution in [0, 0.1) is 35.5 Å². The lowest BCUT2D eigenvalue weighted by Crippen LogP contribution is -2.57. The van der Waals surface area contributed by atoms with Crippen LogP contribution >= 0.6 is 11.3 Å². The fourth-order valence-electron chi connectivity index (χ4n) is 12.6. The molecular weight excluding hydrogens is 715 g/mol. The molecule has 5 saturated carbocycles. The quantitative estimate of drug-likeness (QED) is 0.125. The normalized spacial score (nSPS) is 33.3. The molecule has 56 heavy (non-hydrogen) atoms. The molecular formula is C49H65NO5S. The van der Waals surface area contributed by atoms with Crippen LogP contribution in [0.3, 0.4) is 0 Å². The highest BCUT2D eigenvalue weighted by Crippen LogP contribution is 2.62. The lowest BCUT2D eigenvalue weighted by molar-refractivity contribution is -0.115. The second-order valence-electron chi connectivity index (χ2n) is 19.4. The van der Waals surface area contributed by atoms with E-state index in [9.17, 15) is 20.1 Å². The highest BCUT2D eigenvalue weighted by atomic mass is 32.1. The molecule has 6 bridgehead atoms. The van der Waals surface area contributed by atoms with Crippen LogP contribution < -0.4 is 0 Å². The highest BCUT2D eigenvalue weighted by Gasteiger charge is 2.58. The van der Waals surface area contributed by atoms with Crippen molar-refractivity contribution in [3.05, 3.63) is 104 Å². The van der Waals surface area contributed by atoms with Crippen LogP contribution in [0.5, 0.6) is 0 Å². The number of aryl methyl sites for hydroxylation is 1. The van der Waals surface area contributed by atoms with Gasteiger partial charge in [-0.1, -0.05) is 61.0 Å². The molecule has 1 heterocycles. The number of fused-ring (bicyclic) bond motifs is 8. The van der Waals surface area contributed by atoms with Crippen molar-refractivity contribution in [1.29, 1.82) is 0 Å². The van der Waals surface area contributed by atoms with E-state index in [0.717, 1.165) is 82.0 Å². The van der Waals surface area contributed by atoms with E-state index in [1.807, 2.05) is 43.3 Å². The standard InChI is InChI=1S/C49H65NO5S/c1-33-8-7-18-47(3)44(42-15-13-36(23-40(51)14-11-33)24-43(42)46(53)45-16-12-34(2)56-45)17-19-49(47,54)32-50(28-41(52)30-55-29-35-9-5-4-6-10-35)31-48-25-37-20-38(26-48)22-39(21-37)27-48/h4-6,8-10,12-13,15-16,24,37-41,44,51-52,54H,7,11,14,17-23,25-32H2,1-3H3/t37?,38?,39?,40-,41+,44-,47-,48?,49+/m0/s1. The molecule has 7 aliphatic rings. The number of rotatable bonds is 12. The lowest BCUT2D eigenvalue weighted by atomic mass is 9.49. The van der Waals surface area contributed by atoms with Crippen molar-refractivity contribution in [1.82, 2.24) is 4.90 Å². The molecule has 5 atom stereocenters. The van der Waals surface area contributed by atoms with E-state index in [1.165, 1.54) is 55.4 Å². The molecule has 2 aromatic carbocycles. The Bertz CT molecular complexity index is 1830. The van der Waals surface area contributed by atoms with Crippen molar-refractivity contribution < 1.29 is 24.9 Å². The van der Waals surface area contributed by atoms with Crippen molar-refractivity contribution in [3.8, 4) is 0 Å². The molecule has 10 rings (SSSR count). The predicted octanol–water partition coefficient (Wildman–Crippen LogP) is 9.42. The molecule has 0 spiro atoms. The number of hydrogen-bond donors (Lipinski definition) is 3. The maximum absolute atomic E-state index is 14.4. The van der Waals surface area contributed by atoms with Gasteiger partial charge in [0.15, 0.2) is 0 Å². The summed E-state index contributed by atoms with van der Waals surface area (Å²) in [7, 11) is 0. The van der Waals surface area contributed by atoms with Gasteiger partial charge in [-0.2, -0.15) is 0 Å². The van der Waals surface area contributed by atoms with Crippen LogP contribution in [0.4, 0.5) is 0 Å². The van der Waals surface area contributed by atoms with Gasteiger partial charge in [-0.25, -0.2) is 0 Å². The Morgan fingerprint density at radius 1 is 0.946 bits per heavy atom. The van der Waals surface area contributed by atoms with Crippen LogP contribution in [-0.2, 0) is 17.8 Å². The van der Waals surface area contributed by atoms with E-state index < -0.39 is 23.2 Å². The smallest absolute Gasteiger partial charge is 0.203 e. The van der Waals surface area contributed by atoms with E-state index in [-0.39, 0.29) is 23.7 Å². The Morgan fingerprint density at radius 3 is 2.38 bits per heavy atom. The second-order valence-corrected chi connectivity index (χ2v) is 20.7. The molecule has 5 fully saturated rings. The second kappa shape index (κ2) is 16.5. The number of aliphatic hydroxyl groups excluding tert-OH is 2. The first-order valence-electron chi connectivity index (χ1n) is 21.7. The van der Waals surface area contributed by atoms with E-state index >= 15 is 0 Å². The summed E-state index contributed by atoms with van der Waals surface area (Å²) < 4.78 is 6.08. The zero-order valence-electron chi connectivity index (χ0n) is 34.1. The van der Waals surface area contributed by atoms with Crippen molar-refractivity contribution in [2.75, 3.05) is 26.2 Å². The third kappa shape index (κ3) is 8.56. The molecule has 3 N–H and O–H groups in total. The molecule has 1 aromatic heterocycles. The Kier molecular flexibility index (Phi) is 11.9. The zero-order valence-corrected chi connectivity index (χ0v) is 34.9. The van der Waals surface area contributed by atoms with Gasteiger partial charge in [-0.15, -0.1) is 11.3 Å². The van der Waals surface area contributed by atoms with Crippen LogP contribution in [-0.4, -0.2) is 70.1 Å². The number of carbonyl (C=O) groups is 1. The van der Waals surface area contributed by atoms with Gasteiger partial charge in [0.1, 0.15) is 0 Å². The minimum Gasteiger partial charge on any atom is -0.393 e. The largest absolute Gasteiger partial charge is 0.393 e. The number of nitrogens with zero attached hydrogens (tertiary/aromatic N) is 1. The molecule has 3 aromatic rings. The van der Waals surface area contributed by atoms with Crippen molar-refractivity contribution in [2.45, 2.75) is 135 Å². The van der Waals surface area contributed by atoms with Crippen LogP contribution in [0.2, 0.25) is 0 Å². The van der Waals surface area contributed by atoms with Crippen molar-refractivity contribution in [2.24, 2.45) is 28.6 Å². The summed E-state index contributed by atoms with van der Waals surface area (Å²) >= 11 is 1.54. The number of thiophene rings is 1. The van der Waals surface area contributed by atoms with Crippen LogP contribution in [0.25, 0.3) is 0 Å². The van der Waals surface area contributed by atoms with Gasteiger partial charge in [-0.05, 0) is 161 Å². The minimum atomic E-state index is -1.03. The first-order valence-corrected chi connectivity index (χ1v) is 22.5. The van der Waals surface area contributed by atoms with E-state index in [0.29, 0.717) is 39.0 Å². The number of aliphatic hydroxyl groups is 3. The van der Waals surface area contributed by atoms with Crippen molar-refractivity contribution >= 4 is 17.1 Å². The van der Waals surface area contributed by atoms with Gasteiger partial charge in [0, 0.05) is 35.5 Å². The molecule has 302 valence electrons. The highest BCUT2D eigenvalue weighted by molar-refractivity contribution is 7.14. The predicted molar refractivity (Wildman–Crippen MR) is 225 cm³/mol. The minimum absolute atomic E-state index is 0.0244. The Hall–Kier alpha value is -2.65. The molecule has 7 heteroatoms. The summed E-state index contributed by atoms with van der Waals surface area (Å²) in [4.78, 5) is 18.7. The number of ether oxygens (including phenoxy) is 1. The molecule has 0 unspecified atom stereocenters. The van der Waals surface area contributed by atoms with E-state index in [4.69, 9.17) is 4.74 Å². The summed E-state index contributed by atoms with van der Waals surface area (Å²) in [5.74, 6) is 2.47. The summed E-state index contributed by atoms with van der Waals surface area (Å²) in [5, 5.41) is 36.1. The van der Waals surface area contributed by atoms with Gasteiger partial charge in [0.25, 0.3) is 0 Å². The zero-order chi connectivity index (χ0) is 39.1. The van der Waals surface area contributed by atoms with Gasteiger partial charge in [0.05, 0.1) is 35.9 Å². The molecule has 7 aliphatic carbocycles. The van der Waals surface area contributed by atoms with Crippen LogP contribution in [0.15, 0.2) is 72.3 Å². The van der Waals surface area contributed by atoms with Crippen LogP contribution in [0.1, 0.15) is 134 Å². The maximum atomic E-state index is 14.4. The Morgan fingerprint density at radius 2 is 1.68 bits per heavy atom. The molecule has 0 saturated heterocycles. The third-order valence-electron chi connectivity index (χ3n) is 15.0. The number of allylic oxidation sites excluding steroid dienone is 2. The number of carbonyl (C=O) groups excluding carboxylic acids is 1. The van der Waals surface area contributed by atoms with E-state index in [2.05, 4.69) is 49.1 Å². The first-order chi connectivity index (χ1) is 26.9. The van der Waals surface area contributed by atoms with Gasteiger partial charge >= 0.3 is 0 Å². The molecule has 6 nitrogen and oxygen atoms in total. The monoisotopic (exact) mass is 779 g/mol. The Balaban J connectivity index is 1.12. The summed E-state index contributed by atoms with van der Waals surface area (Å²) in [6.07, 6.45) is 14.2. The topological polar surface area (TPSA) is 90.2 Å². The number of hydrogen-bond acceptors (Lipinski definition) is 7. The fraction of sp³-hybridized carbons (Fsp3) is 0.612. The lowest BCUT2D eigenvalue weighted by Gasteiger charge is -2.58. The van der Waals surface area contributed by atoms with Crippen molar-refractivity contribution in [3.63, 3.8) is 0 Å². The van der Waals surface area contributed by atoms with E-state index in [1.54, 1.807) is 0 Å². The average molecular weight is 780 g/mol.